The van der Waals surface area contributed by atoms with Crippen molar-refractivity contribution in [3.8, 4) is 23.0 Å². The molecule has 2 aromatic carbocycles. The third kappa shape index (κ3) is 7.26. The summed E-state index contributed by atoms with van der Waals surface area (Å²) >= 11 is 0. The second-order valence-electron chi connectivity index (χ2n) is 7.40. The Bertz CT molecular complexity index is 1320. The second-order valence-corrected chi connectivity index (χ2v) is 7.40. The molecule has 200 valence electrons. The highest BCUT2D eigenvalue weighted by atomic mass is 16.5. The number of nitrogens with one attached hydrogen (secondary N) is 2. The van der Waals surface area contributed by atoms with Crippen LogP contribution in [-0.4, -0.2) is 51.9 Å². The van der Waals surface area contributed by atoms with E-state index in [4.69, 9.17) is 23.4 Å². The number of rotatable bonds is 11. The van der Waals surface area contributed by atoms with Crippen molar-refractivity contribution in [2.45, 2.75) is 13.5 Å². The maximum Gasteiger partial charge on any atom is 0.373 e. The fourth-order valence-corrected chi connectivity index (χ4v) is 3.11. The highest BCUT2D eigenvalue weighted by molar-refractivity contribution is 6.39. The van der Waals surface area contributed by atoms with Crippen LogP contribution in [0.2, 0.25) is 0 Å². The molecule has 1 aromatic heterocycles. The van der Waals surface area contributed by atoms with Gasteiger partial charge in [0, 0.05) is 6.07 Å². The van der Waals surface area contributed by atoms with E-state index < -0.39 is 17.8 Å². The van der Waals surface area contributed by atoms with Gasteiger partial charge in [-0.1, -0.05) is 0 Å². The van der Waals surface area contributed by atoms with E-state index in [9.17, 15) is 14.4 Å². The first kappa shape index (κ1) is 27.6. The van der Waals surface area contributed by atoms with Gasteiger partial charge in [-0.2, -0.15) is 5.10 Å². The van der Waals surface area contributed by atoms with Crippen molar-refractivity contribution in [3.05, 3.63) is 65.6 Å². The summed E-state index contributed by atoms with van der Waals surface area (Å²) in [5.41, 5.74) is 3.01. The molecule has 0 aliphatic carbocycles. The van der Waals surface area contributed by atoms with Crippen molar-refractivity contribution < 1.29 is 42.5 Å². The number of nitrogens with zero attached hydrogens (tertiary/aromatic N) is 1. The SMILES string of the molecule is CCOc1cc(/C=N/NC(=O)C(=O)Nc2cc(OC)ccc2OC)ccc1OCc1ccc(C(=O)OC)o1. The number of esters is 1. The lowest BCUT2D eigenvalue weighted by molar-refractivity contribution is -0.136. The third-order valence-corrected chi connectivity index (χ3v) is 4.93. The van der Waals surface area contributed by atoms with Gasteiger partial charge >= 0.3 is 17.8 Å². The first-order valence-corrected chi connectivity index (χ1v) is 11.3. The standard InChI is InChI=1S/C26H27N3O9/c1-5-36-23-12-16(6-9-21(23)37-15-18-8-11-22(38-18)26(32)35-4)14-27-29-25(31)24(30)28-19-13-17(33-2)7-10-20(19)34-3/h6-14H,5,15H2,1-4H3,(H,28,30)(H,29,31)/b27-14+. The van der Waals surface area contributed by atoms with Crippen LogP contribution in [0.25, 0.3) is 0 Å². The van der Waals surface area contributed by atoms with Gasteiger partial charge in [-0.15, -0.1) is 0 Å². The summed E-state index contributed by atoms with van der Waals surface area (Å²) in [5, 5.41) is 6.29. The van der Waals surface area contributed by atoms with Gasteiger partial charge in [0.25, 0.3) is 0 Å². The number of amides is 2. The van der Waals surface area contributed by atoms with Crippen LogP contribution < -0.4 is 29.7 Å². The molecule has 0 spiro atoms. The van der Waals surface area contributed by atoms with Gasteiger partial charge in [0.15, 0.2) is 11.5 Å². The zero-order valence-corrected chi connectivity index (χ0v) is 21.2. The number of ether oxygens (including phenoxy) is 5. The summed E-state index contributed by atoms with van der Waals surface area (Å²) < 4.78 is 31.7. The van der Waals surface area contributed by atoms with E-state index in [1.807, 2.05) is 6.92 Å². The summed E-state index contributed by atoms with van der Waals surface area (Å²) in [4.78, 5) is 36.0. The first-order chi connectivity index (χ1) is 18.4. The number of carbonyl (C=O) groups is 3. The van der Waals surface area contributed by atoms with Crippen molar-refractivity contribution >= 4 is 29.7 Å². The predicted octanol–water partition coefficient (Wildman–Crippen LogP) is 3.15. The highest BCUT2D eigenvalue weighted by Gasteiger charge is 2.16. The van der Waals surface area contributed by atoms with Crippen LogP contribution in [0.3, 0.4) is 0 Å². The number of anilines is 1. The Morgan fingerprint density at radius 3 is 2.39 bits per heavy atom. The molecule has 0 aliphatic rings. The van der Waals surface area contributed by atoms with Crippen LogP contribution >= 0.6 is 0 Å². The normalized spacial score (nSPS) is 10.5. The molecule has 2 N–H and O–H groups in total. The minimum atomic E-state index is -0.985. The van der Waals surface area contributed by atoms with Crippen molar-refractivity contribution in [2.75, 3.05) is 33.3 Å². The van der Waals surface area contributed by atoms with Gasteiger partial charge in [-0.25, -0.2) is 10.2 Å². The summed E-state index contributed by atoms with van der Waals surface area (Å²) in [6, 6.07) is 12.9. The fraction of sp³-hybridized carbons (Fsp3) is 0.231. The van der Waals surface area contributed by atoms with Crippen LogP contribution in [0.1, 0.15) is 28.8 Å². The van der Waals surface area contributed by atoms with Crippen LogP contribution in [0.4, 0.5) is 5.69 Å². The zero-order valence-electron chi connectivity index (χ0n) is 21.2. The van der Waals surface area contributed by atoms with E-state index in [-0.39, 0.29) is 18.1 Å². The predicted molar refractivity (Wildman–Crippen MR) is 136 cm³/mol. The van der Waals surface area contributed by atoms with E-state index in [0.717, 1.165) is 0 Å². The molecule has 0 atom stereocenters. The molecular weight excluding hydrogens is 498 g/mol. The topological polar surface area (TPSA) is 147 Å². The molecular formula is C26H27N3O9. The summed E-state index contributed by atoms with van der Waals surface area (Å²) in [6.45, 7) is 2.23. The average molecular weight is 526 g/mol. The van der Waals surface area contributed by atoms with Crippen LogP contribution in [0.15, 0.2) is 58.0 Å². The lowest BCUT2D eigenvalue weighted by Crippen LogP contribution is -2.32. The van der Waals surface area contributed by atoms with Gasteiger partial charge in [-0.3, -0.25) is 9.59 Å². The number of furan rings is 1. The molecule has 12 nitrogen and oxygen atoms in total. The maximum atomic E-state index is 12.3. The van der Waals surface area contributed by atoms with Crippen molar-refractivity contribution in [2.24, 2.45) is 5.10 Å². The number of benzene rings is 2. The zero-order chi connectivity index (χ0) is 27.5. The molecule has 3 aromatic rings. The smallest absolute Gasteiger partial charge is 0.373 e. The van der Waals surface area contributed by atoms with Gasteiger partial charge in [0.05, 0.1) is 39.8 Å². The number of carbonyl (C=O) groups excluding carboxylic acids is 3. The van der Waals surface area contributed by atoms with Gasteiger partial charge < -0.3 is 33.4 Å². The molecule has 0 unspecified atom stereocenters. The molecule has 0 saturated heterocycles. The van der Waals surface area contributed by atoms with Gasteiger partial charge in [-0.05, 0) is 55.0 Å². The molecule has 0 bridgehead atoms. The minimum Gasteiger partial charge on any atom is -0.497 e. The van der Waals surface area contributed by atoms with Crippen molar-refractivity contribution in [1.82, 2.24) is 5.43 Å². The van der Waals surface area contributed by atoms with Crippen LogP contribution in [0.5, 0.6) is 23.0 Å². The lowest BCUT2D eigenvalue weighted by Gasteiger charge is -2.12. The van der Waals surface area contributed by atoms with E-state index >= 15 is 0 Å². The fourth-order valence-electron chi connectivity index (χ4n) is 3.11. The molecule has 2 amide bonds. The van der Waals surface area contributed by atoms with E-state index in [1.54, 1.807) is 36.4 Å². The highest BCUT2D eigenvalue weighted by Crippen LogP contribution is 2.30. The molecule has 0 fully saturated rings. The molecule has 0 radical (unpaired) electrons. The number of hydrogen-bond donors (Lipinski definition) is 2. The number of hydrazone groups is 1. The Kier molecular flexibility index (Phi) is 9.69. The molecule has 0 saturated carbocycles. The lowest BCUT2D eigenvalue weighted by atomic mass is 10.2. The van der Waals surface area contributed by atoms with Crippen molar-refractivity contribution in [1.29, 1.82) is 0 Å². The summed E-state index contributed by atoms with van der Waals surface area (Å²) in [7, 11) is 4.18. The van der Waals surface area contributed by atoms with Crippen LogP contribution in [-0.2, 0) is 20.9 Å². The van der Waals surface area contributed by atoms with Crippen LogP contribution in [0, 0.1) is 0 Å². The Balaban J connectivity index is 1.61. The Labute approximate surface area is 218 Å². The summed E-state index contributed by atoms with van der Waals surface area (Å²) in [5.74, 6) is -0.335. The Hall–Kier alpha value is -5.00. The van der Waals surface area contributed by atoms with Gasteiger partial charge in [0.1, 0.15) is 23.9 Å². The monoisotopic (exact) mass is 525 g/mol. The van der Waals surface area contributed by atoms with Gasteiger partial charge in [0.2, 0.25) is 5.76 Å². The maximum absolute atomic E-state index is 12.3. The van der Waals surface area contributed by atoms with E-state index in [2.05, 4.69) is 20.6 Å². The molecule has 12 heteroatoms. The Morgan fingerprint density at radius 2 is 1.68 bits per heavy atom. The van der Waals surface area contributed by atoms with E-state index in [1.165, 1.54) is 39.7 Å². The molecule has 3 rings (SSSR count). The molecule has 38 heavy (non-hydrogen) atoms. The third-order valence-electron chi connectivity index (χ3n) is 4.93. The number of hydrogen-bond acceptors (Lipinski definition) is 10. The molecule has 0 aliphatic heterocycles. The Morgan fingerprint density at radius 1 is 0.895 bits per heavy atom. The second kappa shape index (κ2) is 13.3. The largest absolute Gasteiger partial charge is 0.497 e. The van der Waals surface area contributed by atoms with E-state index in [0.29, 0.717) is 40.9 Å². The minimum absolute atomic E-state index is 0.0494. The summed E-state index contributed by atoms with van der Waals surface area (Å²) in [6.07, 6.45) is 1.35. The number of methoxy groups -OCH3 is 3. The van der Waals surface area contributed by atoms with Crippen molar-refractivity contribution in [3.63, 3.8) is 0 Å². The first-order valence-electron chi connectivity index (χ1n) is 11.3. The molecule has 1 heterocycles. The average Bonchev–Trinajstić information content (AvgIpc) is 3.41. The quantitative estimate of drug-likeness (QED) is 0.167.